The summed E-state index contributed by atoms with van der Waals surface area (Å²) in [4.78, 5) is 14.0. The zero-order valence-corrected chi connectivity index (χ0v) is 13.5. The number of hydrogen-bond acceptors (Lipinski definition) is 4. The van der Waals surface area contributed by atoms with Crippen molar-refractivity contribution in [2.45, 2.75) is 58.6 Å². The molecular formula is C15H31N3O2. The van der Waals surface area contributed by atoms with Crippen LogP contribution >= 0.6 is 0 Å². The fourth-order valence-electron chi connectivity index (χ4n) is 2.27. The number of hydrogen-bond donors (Lipinski definition) is 2. The highest BCUT2D eigenvalue weighted by molar-refractivity contribution is 5.67. The molecular weight excluding hydrogens is 254 g/mol. The van der Waals surface area contributed by atoms with Crippen LogP contribution in [0.2, 0.25) is 0 Å². The Hall–Kier alpha value is -0.810. The summed E-state index contributed by atoms with van der Waals surface area (Å²) < 4.78 is 5.20. The summed E-state index contributed by atoms with van der Waals surface area (Å²) in [7, 11) is 0. The van der Waals surface area contributed by atoms with Gasteiger partial charge in [-0.1, -0.05) is 6.42 Å². The lowest BCUT2D eigenvalue weighted by Gasteiger charge is -2.27. The number of ether oxygens (including phenoxy) is 1. The average molecular weight is 285 g/mol. The Morgan fingerprint density at radius 1 is 1.25 bits per heavy atom. The maximum Gasteiger partial charge on any atom is 0.407 e. The molecule has 0 bridgehead atoms. The maximum absolute atomic E-state index is 11.5. The predicted molar refractivity (Wildman–Crippen MR) is 82.0 cm³/mol. The van der Waals surface area contributed by atoms with Crippen LogP contribution in [0.25, 0.3) is 0 Å². The van der Waals surface area contributed by atoms with Crippen molar-refractivity contribution in [2.24, 2.45) is 0 Å². The van der Waals surface area contributed by atoms with E-state index in [0.29, 0.717) is 6.54 Å². The van der Waals surface area contributed by atoms with E-state index in [1.54, 1.807) is 0 Å². The van der Waals surface area contributed by atoms with Crippen LogP contribution in [-0.2, 0) is 4.74 Å². The molecule has 1 aliphatic heterocycles. The molecule has 0 aromatic heterocycles. The molecule has 5 heteroatoms. The van der Waals surface area contributed by atoms with Crippen LogP contribution in [0.1, 0.15) is 47.0 Å². The molecule has 5 nitrogen and oxygen atoms in total. The summed E-state index contributed by atoms with van der Waals surface area (Å²) in [5.41, 5.74) is -0.436. The van der Waals surface area contributed by atoms with Crippen LogP contribution in [-0.4, -0.2) is 55.4 Å². The fraction of sp³-hybridized carbons (Fsp3) is 0.933. The van der Waals surface area contributed by atoms with Gasteiger partial charge in [-0.25, -0.2) is 4.79 Å². The molecule has 1 amide bonds. The summed E-state index contributed by atoms with van der Waals surface area (Å²) in [6, 6.07) is 0.257. The highest BCUT2D eigenvalue weighted by Crippen LogP contribution is 2.07. The number of rotatable bonds is 6. The summed E-state index contributed by atoms with van der Waals surface area (Å²) in [6.07, 6.45) is 3.69. The van der Waals surface area contributed by atoms with Crippen LogP contribution < -0.4 is 10.6 Å². The highest BCUT2D eigenvalue weighted by atomic mass is 16.6. The minimum atomic E-state index is -0.436. The molecule has 1 unspecified atom stereocenters. The summed E-state index contributed by atoms with van der Waals surface area (Å²) >= 11 is 0. The molecule has 20 heavy (non-hydrogen) atoms. The molecule has 0 aromatic carbocycles. The first kappa shape index (κ1) is 17.2. The third-order valence-corrected chi connectivity index (χ3v) is 3.32. The number of alkyl carbamates (subject to hydrolysis) is 1. The lowest BCUT2D eigenvalue weighted by molar-refractivity contribution is 0.0523. The van der Waals surface area contributed by atoms with Gasteiger partial charge in [0.2, 0.25) is 0 Å². The van der Waals surface area contributed by atoms with Gasteiger partial charge in [0.15, 0.2) is 0 Å². The topological polar surface area (TPSA) is 53.6 Å². The lowest BCUT2D eigenvalue weighted by Crippen LogP contribution is -2.44. The Kier molecular flexibility index (Phi) is 7.30. The van der Waals surface area contributed by atoms with Crippen molar-refractivity contribution in [3.05, 3.63) is 0 Å². The minimum absolute atomic E-state index is 0.257. The van der Waals surface area contributed by atoms with Crippen molar-refractivity contribution in [1.29, 1.82) is 0 Å². The van der Waals surface area contributed by atoms with Gasteiger partial charge in [0.1, 0.15) is 5.60 Å². The van der Waals surface area contributed by atoms with E-state index in [1.807, 2.05) is 20.8 Å². The molecule has 1 rings (SSSR count). The monoisotopic (exact) mass is 285 g/mol. The Morgan fingerprint density at radius 2 is 1.90 bits per heavy atom. The van der Waals surface area contributed by atoms with Crippen molar-refractivity contribution in [3.8, 4) is 0 Å². The molecule has 1 saturated heterocycles. The van der Waals surface area contributed by atoms with Crippen molar-refractivity contribution in [2.75, 3.05) is 32.7 Å². The number of piperidine rings is 1. The molecule has 118 valence electrons. The number of carbonyl (C=O) groups excluding carboxylic acids is 1. The number of nitrogens with zero attached hydrogens (tertiary/aromatic N) is 1. The van der Waals surface area contributed by atoms with Crippen molar-refractivity contribution >= 4 is 6.09 Å². The van der Waals surface area contributed by atoms with Crippen molar-refractivity contribution in [1.82, 2.24) is 15.5 Å². The van der Waals surface area contributed by atoms with Crippen molar-refractivity contribution in [3.63, 3.8) is 0 Å². The molecule has 0 aromatic rings. The molecule has 1 fully saturated rings. The molecule has 1 atom stereocenters. The van der Waals surface area contributed by atoms with E-state index in [9.17, 15) is 4.79 Å². The van der Waals surface area contributed by atoms with Gasteiger partial charge >= 0.3 is 6.09 Å². The van der Waals surface area contributed by atoms with E-state index in [2.05, 4.69) is 22.5 Å². The highest BCUT2D eigenvalue weighted by Gasteiger charge is 2.16. The molecule has 2 N–H and O–H groups in total. The SMILES string of the molecule is CC(CNC(=O)OC(C)(C)C)NCCN1CCCCC1. The van der Waals surface area contributed by atoms with E-state index in [0.717, 1.165) is 13.1 Å². The molecule has 1 heterocycles. The van der Waals surface area contributed by atoms with Crippen LogP contribution in [0.15, 0.2) is 0 Å². The third-order valence-electron chi connectivity index (χ3n) is 3.32. The van der Waals surface area contributed by atoms with Crippen LogP contribution in [0, 0.1) is 0 Å². The largest absolute Gasteiger partial charge is 0.444 e. The van der Waals surface area contributed by atoms with Gasteiger partial charge in [-0.05, 0) is 53.6 Å². The summed E-state index contributed by atoms with van der Waals surface area (Å²) in [5, 5.41) is 6.23. The van der Waals surface area contributed by atoms with Crippen LogP contribution in [0.3, 0.4) is 0 Å². The van der Waals surface area contributed by atoms with Gasteiger partial charge in [-0.3, -0.25) is 0 Å². The number of nitrogens with one attached hydrogen (secondary N) is 2. The molecule has 0 spiro atoms. The molecule has 0 aliphatic carbocycles. The van der Waals surface area contributed by atoms with Gasteiger partial charge in [0.25, 0.3) is 0 Å². The smallest absolute Gasteiger partial charge is 0.407 e. The number of amides is 1. The normalized spacial score (nSPS) is 18.6. The van der Waals surface area contributed by atoms with Gasteiger partial charge in [-0.2, -0.15) is 0 Å². The molecule has 0 saturated carbocycles. The minimum Gasteiger partial charge on any atom is -0.444 e. The maximum atomic E-state index is 11.5. The first-order chi connectivity index (χ1) is 9.37. The zero-order valence-electron chi connectivity index (χ0n) is 13.5. The van der Waals surface area contributed by atoms with E-state index in [4.69, 9.17) is 4.74 Å². The second-order valence-electron chi connectivity index (χ2n) is 6.64. The first-order valence-electron chi connectivity index (χ1n) is 7.79. The Labute approximate surface area is 123 Å². The predicted octanol–water partition coefficient (Wildman–Crippen LogP) is 1.98. The molecule has 0 radical (unpaired) electrons. The van der Waals surface area contributed by atoms with Gasteiger partial charge in [0.05, 0.1) is 0 Å². The first-order valence-corrected chi connectivity index (χ1v) is 7.79. The van der Waals surface area contributed by atoms with E-state index < -0.39 is 5.60 Å². The van der Waals surface area contributed by atoms with E-state index in [-0.39, 0.29) is 12.1 Å². The third kappa shape index (κ3) is 8.38. The Bertz CT molecular complexity index is 283. The van der Waals surface area contributed by atoms with E-state index in [1.165, 1.54) is 32.4 Å². The van der Waals surface area contributed by atoms with Gasteiger partial charge in [0, 0.05) is 25.7 Å². The van der Waals surface area contributed by atoms with Gasteiger partial charge < -0.3 is 20.3 Å². The Morgan fingerprint density at radius 3 is 2.50 bits per heavy atom. The standard InChI is InChI=1S/C15H31N3O2/c1-13(12-17-14(19)20-15(2,3)4)16-8-11-18-9-6-5-7-10-18/h13,16H,5-12H2,1-4H3,(H,17,19). The van der Waals surface area contributed by atoms with Crippen molar-refractivity contribution < 1.29 is 9.53 Å². The fourth-order valence-corrected chi connectivity index (χ4v) is 2.27. The summed E-state index contributed by atoms with van der Waals surface area (Å²) in [5.74, 6) is 0. The average Bonchev–Trinajstić information content (AvgIpc) is 2.36. The zero-order chi connectivity index (χ0) is 15.0. The van der Waals surface area contributed by atoms with Crippen LogP contribution in [0.4, 0.5) is 4.79 Å². The quantitative estimate of drug-likeness (QED) is 0.783. The number of carbonyl (C=O) groups is 1. The molecule has 1 aliphatic rings. The lowest BCUT2D eigenvalue weighted by atomic mass is 10.1. The van der Waals surface area contributed by atoms with Gasteiger partial charge in [-0.15, -0.1) is 0 Å². The van der Waals surface area contributed by atoms with E-state index >= 15 is 0 Å². The second-order valence-corrected chi connectivity index (χ2v) is 6.64. The number of likely N-dealkylation sites (tertiary alicyclic amines) is 1. The second kappa shape index (κ2) is 8.47. The summed E-state index contributed by atoms with van der Waals surface area (Å²) in [6.45, 7) is 12.8. The Balaban J connectivity index is 2.05. The van der Waals surface area contributed by atoms with Crippen LogP contribution in [0.5, 0.6) is 0 Å².